The molecule has 0 aliphatic heterocycles. The molecule has 2 N–H and O–H groups in total. The van der Waals surface area contributed by atoms with Crippen molar-refractivity contribution in [2.24, 2.45) is 0 Å². The molecule has 6 heteroatoms. The van der Waals surface area contributed by atoms with Crippen molar-refractivity contribution in [3.8, 4) is 0 Å². The van der Waals surface area contributed by atoms with Crippen LogP contribution in [0.1, 0.15) is 25.6 Å². The number of aromatic nitrogens is 2. The van der Waals surface area contributed by atoms with Crippen molar-refractivity contribution in [3.63, 3.8) is 0 Å². The molecule has 2 aromatic rings. The summed E-state index contributed by atoms with van der Waals surface area (Å²) in [6.07, 6.45) is 1.84. The summed E-state index contributed by atoms with van der Waals surface area (Å²) in [5.74, 6) is -0.210. The van der Waals surface area contributed by atoms with Crippen molar-refractivity contribution in [1.29, 1.82) is 0 Å². The van der Waals surface area contributed by atoms with Gasteiger partial charge in [0.1, 0.15) is 5.82 Å². The van der Waals surface area contributed by atoms with Crippen LogP contribution in [0.15, 0.2) is 35.4 Å². The van der Waals surface area contributed by atoms with E-state index >= 15 is 0 Å². The molecule has 1 aromatic heterocycles. The zero-order chi connectivity index (χ0) is 14.0. The first-order valence-corrected chi connectivity index (χ1v) is 7.26. The van der Waals surface area contributed by atoms with Crippen LogP contribution in [-0.4, -0.2) is 14.0 Å². The molecule has 0 radical (unpaired) electrons. The molecule has 1 unspecified atom stereocenters. The number of rotatable bonds is 4. The van der Waals surface area contributed by atoms with E-state index in [2.05, 4.69) is 5.10 Å². The normalized spacial score (nSPS) is 12.8. The number of anilines is 1. The number of nitrogen functional groups attached to an aromatic ring is 1. The SMILES string of the molecule is CC(C)n1ccc(CS(=O)c2cc(F)ccc2N)n1. The smallest absolute Gasteiger partial charge is 0.124 e. The van der Waals surface area contributed by atoms with Crippen molar-refractivity contribution in [3.05, 3.63) is 42.0 Å². The summed E-state index contributed by atoms with van der Waals surface area (Å²) in [6.45, 7) is 4.02. The average Bonchev–Trinajstić information content (AvgIpc) is 2.80. The molecule has 2 rings (SSSR count). The van der Waals surface area contributed by atoms with Crippen LogP contribution in [0.25, 0.3) is 0 Å². The van der Waals surface area contributed by atoms with Gasteiger partial charge in [-0.3, -0.25) is 8.89 Å². The third-order valence-electron chi connectivity index (χ3n) is 2.69. The maximum atomic E-state index is 13.1. The van der Waals surface area contributed by atoms with Gasteiger partial charge in [0, 0.05) is 17.9 Å². The highest BCUT2D eigenvalue weighted by Crippen LogP contribution is 2.20. The summed E-state index contributed by atoms with van der Waals surface area (Å²) in [7, 11) is -1.40. The molecule has 1 atom stereocenters. The molecule has 102 valence electrons. The third kappa shape index (κ3) is 3.20. The van der Waals surface area contributed by atoms with Gasteiger partial charge in [-0.25, -0.2) is 4.39 Å². The van der Waals surface area contributed by atoms with Gasteiger partial charge in [-0.05, 0) is 38.1 Å². The maximum Gasteiger partial charge on any atom is 0.124 e. The lowest BCUT2D eigenvalue weighted by molar-refractivity contribution is 0.528. The fourth-order valence-corrected chi connectivity index (χ4v) is 2.81. The van der Waals surface area contributed by atoms with Gasteiger partial charge in [0.25, 0.3) is 0 Å². The Hall–Kier alpha value is -1.69. The quantitative estimate of drug-likeness (QED) is 0.876. The Morgan fingerprint density at radius 3 is 2.79 bits per heavy atom. The third-order valence-corrected chi connectivity index (χ3v) is 4.09. The minimum absolute atomic E-state index is 0.230. The van der Waals surface area contributed by atoms with Gasteiger partial charge in [-0.15, -0.1) is 0 Å². The molecule has 4 nitrogen and oxygen atoms in total. The van der Waals surface area contributed by atoms with Crippen LogP contribution in [0, 0.1) is 5.82 Å². The van der Waals surface area contributed by atoms with Gasteiger partial charge in [-0.1, -0.05) is 0 Å². The number of halogens is 1. The highest BCUT2D eigenvalue weighted by Gasteiger charge is 2.12. The van der Waals surface area contributed by atoms with Crippen molar-refractivity contribution >= 4 is 16.5 Å². The van der Waals surface area contributed by atoms with E-state index in [4.69, 9.17) is 5.73 Å². The Morgan fingerprint density at radius 1 is 1.42 bits per heavy atom. The van der Waals surface area contributed by atoms with Gasteiger partial charge in [-0.2, -0.15) is 5.10 Å². The van der Waals surface area contributed by atoms with Gasteiger partial charge in [0.2, 0.25) is 0 Å². The van der Waals surface area contributed by atoms with Crippen molar-refractivity contribution in [2.45, 2.75) is 30.5 Å². The molecule has 0 aliphatic rings. The molecular formula is C13H16FN3OS. The summed E-state index contributed by atoms with van der Waals surface area (Å²) in [5, 5.41) is 4.32. The van der Waals surface area contributed by atoms with E-state index in [9.17, 15) is 8.60 Å². The van der Waals surface area contributed by atoms with Gasteiger partial charge < -0.3 is 5.73 Å². The molecule has 0 aliphatic carbocycles. The Kier molecular flexibility index (Phi) is 3.99. The number of nitrogens with zero attached hydrogens (tertiary/aromatic N) is 2. The van der Waals surface area contributed by atoms with E-state index in [1.165, 1.54) is 18.2 Å². The Bertz CT molecular complexity index is 610. The van der Waals surface area contributed by atoms with Gasteiger partial charge in [0.15, 0.2) is 0 Å². The van der Waals surface area contributed by atoms with E-state index in [0.717, 1.165) is 0 Å². The zero-order valence-electron chi connectivity index (χ0n) is 10.8. The predicted molar refractivity (Wildman–Crippen MR) is 73.5 cm³/mol. The first-order chi connectivity index (χ1) is 8.97. The number of nitrogens with two attached hydrogens (primary N) is 1. The lowest BCUT2D eigenvalue weighted by Crippen LogP contribution is -2.05. The summed E-state index contributed by atoms with van der Waals surface area (Å²) >= 11 is 0. The summed E-state index contributed by atoms with van der Waals surface area (Å²) in [6, 6.07) is 5.96. The summed E-state index contributed by atoms with van der Waals surface area (Å²) in [5.41, 5.74) is 6.75. The van der Waals surface area contributed by atoms with Crippen molar-refractivity contribution in [2.75, 3.05) is 5.73 Å². The highest BCUT2D eigenvalue weighted by atomic mass is 32.2. The first kappa shape index (κ1) is 13.7. The Morgan fingerprint density at radius 2 is 2.16 bits per heavy atom. The second-order valence-electron chi connectivity index (χ2n) is 4.55. The largest absolute Gasteiger partial charge is 0.398 e. The molecule has 0 saturated heterocycles. The van der Waals surface area contributed by atoms with E-state index in [-0.39, 0.29) is 11.8 Å². The number of benzene rings is 1. The van der Waals surface area contributed by atoms with Gasteiger partial charge in [0.05, 0.1) is 27.1 Å². The van der Waals surface area contributed by atoms with Crippen molar-refractivity contribution < 1.29 is 8.60 Å². The van der Waals surface area contributed by atoms with E-state index in [0.29, 0.717) is 16.3 Å². The van der Waals surface area contributed by atoms with Gasteiger partial charge >= 0.3 is 0 Å². The molecule has 0 bridgehead atoms. The summed E-state index contributed by atoms with van der Waals surface area (Å²) in [4.78, 5) is 0.319. The van der Waals surface area contributed by atoms with E-state index < -0.39 is 16.6 Å². The summed E-state index contributed by atoms with van der Waals surface area (Å²) < 4.78 is 27.1. The standard InChI is InChI=1S/C13H16FN3OS/c1-9(2)17-6-5-11(16-17)8-19(18)13-7-10(14)3-4-12(13)15/h3-7,9H,8,15H2,1-2H3. The lowest BCUT2D eigenvalue weighted by Gasteiger charge is -2.05. The van der Waals surface area contributed by atoms with Crippen LogP contribution >= 0.6 is 0 Å². The number of hydrogen-bond donors (Lipinski definition) is 1. The topological polar surface area (TPSA) is 60.9 Å². The molecule has 0 fully saturated rings. The molecule has 19 heavy (non-hydrogen) atoms. The van der Waals surface area contributed by atoms with E-state index in [1.807, 2.05) is 26.1 Å². The highest BCUT2D eigenvalue weighted by molar-refractivity contribution is 7.84. The Labute approximate surface area is 113 Å². The van der Waals surface area contributed by atoms with E-state index in [1.54, 1.807) is 4.68 Å². The molecule has 1 aromatic carbocycles. The molecule has 1 heterocycles. The molecule has 0 saturated carbocycles. The lowest BCUT2D eigenvalue weighted by atomic mass is 10.3. The van der Waals surface area contributed by atoms with Crippen LogP contribution < -0.4 is 5.73 Å². The molecular weight excluding hydrogens is 265 g/mol. The van der Waals surface area contributed by atoms with Crippen LogP contribution in [0.4, 0.5) is 10.1 Å². The second-order valence-corrected chi connectivity index (χ2v) is 5.97. The average molecular weight is 281 g/mol. The predicted octanol–water partition coefficient (Wildman–Crippen LogP) is 2.49. The maximum absolute atomic E-state index is 13.1. The van der Waals surface area contributed by atoms with Crippen LogP contribution in [0.3, 0.4) is 0 Å². The fraction of sp³-hybridized carbons (Fsp3) is 0.308. The minimum Gasteiger partial charge on any atom is -0.398 e. The first-order valence-electron chi connectivity index (χ1n) is 5.95. The molecule has 0 amide bonds. The number of hydrogen-bond acceptors (Lipinski definition) is 3. The van der Waals surface area contributed by atoms with Crippen LogP contribution in [0.5, 0.6) is 0 Å². The monoisotopic (exact) mass is 281 g/mol. The van der Waals surface area contributed by atoms with Crippen molar-refractivity contribution in [1.82, 2.24) is 9.78 Å². The molecule has 0 spiro atoms. The Balaban J connectivity index is 2.18. The fourth-order valence-electron chi connectivity index (χ4n) is 1.66. The van der Waals surface area contributed by atoms with Crippen LogP contribution in [0.2, 0.25) is 0 Å². The zero-order valence-corrected chi connectivity index (χ0v) is 11.7. The minimum atomic E-state index is -1.40. The second kappa shape index (κ2) is 5.52. The van der Waals surface area contributed by atoms with Crippen LogP contribution in [-0.2, 0) is 16.6 Å².